The first-order chi connectivity index (χ1) is 16.6. The number of piperazine rings is 1. The molecule has 6 rings (SSSR count). The van der Waals surface area contributed by atoms with Gasteiger partial charge in [0.2, 0.25) is 0 Å². The molecular formula is C27H25N5O2. The Balaban J connectivity index is 1.48. The molecule has 2 aliphatic rings. The lowest BCUT2D eigenvalue weighted by molar-refractivity contribution is 0.0602. The third-order valence-corrected chi connectivity index (χ3v) is 6.80. The number of aromatic hydroxyl groups is 1. The van der Waals surface area contributed by atoms with Gasteiger partial charge < -0.3 is 15.3 Å². The summed E-state index contributed by atoms with van der Waals surface area (Å²) in [5.41, 5.74) is 4.32. The highest BCUT2D eigenvalue weighted by atomic mass is 16.3. The fourth-order valence-electron chi connectivity index (χ4n) is 4.76. The highest BCUT2D eigenvalue weighted by Gasteiger charge is 2.51. The van der Waals surface area contributed by atoms with E-state index in [1.54, 1.807) is 24.3 Å². The number of hydrogen-bond acceptors (Lipinski definition) is 5. The summed E-state index contributed by atoms with van der Waals surface area (Å²) in [6.07, 6.45) is 6.00. The average molecular weight is 452 g/mol. The lowest BCUT2D eigenvalue weighted by atomic mass is 10.0. The van der Waals surface area contributed by atoms with Gasteiger partial charge in [0, 0.05) is 25.2 Å². The fraction of sp³-hybridized carbons (Fsp3) is 0.222. The minimum atomic E-state index is -0.0760. The number of fused-ring (bicyclic) bond motifs is 1. The van der Waals surface area contributed by atoms with Crippen LogP contribution in [0, 0.1) is 0 Å². The molecule has 0 unspecified atom stereocenters. The Bertz CT molecular complexity index is 1390. The molecule has 1 spiro atoms. The zero-order valence-electron chi connectivity index (χ0n) is 18.7. The van der Waals surface area contributed by atoms with Crippen molar-refractivity contribution in [3.8, 4) is 17.0 Å². The monoisotopic (exact) mass is 451 g/mol. The minimum Gasteiger partial charge on any atom is -0.508 e. The Hall–Kier alpha value is -3.97. The Kier molecular flexibility index (Phi) is 4.92. The summed E-state index contributed by atoms with van der Waals surface area (Å²) in [5, 5.41) is 21.4. The standard InChI is InChI=1S/C27H25N5O2/c33-20-9-7-19(8-10-20)23-16-21(26(34)32-15-14-28-17-27(32)12-13-27)24-22(30-31-25(24)29-23)11-6-18-4-2-1-3-5-18/h1-11,16,28,33H,12-15,17H2,(H,29,30,31)/b11-6+. The molecule has 2 aromatic carbocycles. The van der Waals surface area contributed by atoms with Crippen LogP contribution in [0.5, 0.6) is 5.75 Å². The van der Waals surface area contributed by atoms with Gasteiger partial charge in [-0.15, -0.1) is 0 Å². The number of H-pyrrole nitrogens is 1. The van der Waals surface area contributed by atoms with E-state index in [0.29, 0.717) is 23.4 Å². The van der Waals surface area contributed by atoms with Gasteiger partial charge in [0.1, 0.15) is 5.75 Å². The Morgan fingerprint density at radius 3 is 2.62 bits per heavy atom. The Labute approximate surface area is 197 Å². The number of phenols is 1. The number of nitrogens with one attached hydrogen (secondary N) is 2. The van der Waals surface area contributed by atoms with Crippen LogP contribution in [-0.2, 0) is 0 Å². The number of pyridine rings is 1. The van der Waals surface area contributed by atoms with E-state index in [0.717, 1.165) is 48.1 Å². The van der Waals surface area contributed by atoms with Crippen molar-refractivity contribution in [1.29, 1.82) is 0 Å². The van der Waals surface area contributed by atoms with E-state index in [9.17, 15) is 9.90 Å². The lowest BCUT2D eigenvalue weighted by Gasteiger charge is -2.37. The van der Waals surface area contributed by atoms with Crippen LogP contribution in [0.1, 0.15) is 34.5 Å². The molecule has 3 N–H and O–H groups in total. The van der Waals surface area contributed by atoms with E-state index in [2.05, 4.69) is 15.5 Å². The molecule has 0 bridgehead atoms. The van der Waals surface area contributed by atoms with Crippen molar-refractivity contribution in [3.05, 3.63) is 77.5 Å². The molecule has 1 amide bonds. The molecule has 34 heavy (non-hydrogen) atoms. The first-order valence-electron chi connectivity index (χ1n) is 11.6. The maximum atomic E-state index is 14.0. The molecule has 0 radical (unpaired) electrons. The molecule has 4 aromatic rings. The zero-order chi connectivity index (χ0) is 23.1. The highest BCUT2D eigenvalue weighted by Crippen LogP contribution is 2.43. The number of nitrogens with zero attached hydrogens (tertiary/aromatic N) is 3. The van der Waals surface area contributed by atoms with Crippen LogP contribution in [0.2, 0.25) is 0 Å². The van der Waals surface area contributed by atoms with Crippen molar-refractivity contribution in [2.75, 3.05) is 19.6 Å². The Morgan fingerprint density at radius 1 is 1.06 bits per heavy atom. The molecule has 2 aromatic heterocycles. The van der Waals surface area contributed by atoms with Gasteiger partial charge in [0.15, 0.2) is 5.65 Å². The summed E-state index contributed by atoms with van der Waals surface area (Å²) >= 11 is 0. The van der Waals surface area contributed by atoms with E-state index in [1.165, 1.54) is 0 Å². The molecule has 1 saturated heterocycles. The molecular weight excluding hydrogens is 426 g/mol. The van der Waals surface area contributed by atoms with Crippen LogP contribution in [0.25, 0.3) is 34.4 Å². The maximum absolute atomic E-state index is 14.0. The van der Waals surface area contributed by atoms with Crippen LogP contribution in [0.3, 0.4) is 0 Å². The van der Waals surface area contributed by atoms with Gasteiger partial charge in [-0.3, -0.25) is 9.89 Å². The first kappa shape index (κ1) is 20.6. The smallest absolute Gasteiger partial charge is 0.255 e. The molecule has 3 heterocycles. The lowest BCUT2D eigenvalue weighted by Crippen LogP contribution is -2.55. The van der Waals surface area contributed by atoms with E-state index in [-0.39, 0.29) is 17.2 Å². The van der Waals surface area contributed by atoms with E-state index in [1.807, 2.05) is 53.5 Å². The third-order valence-electron chi connectivity index (χ3n) is 6.80. The number of carbonyl (C=O) groups is 1. The van der Waals surface area contributed by atoms with Crippen molar-refractivity contribution >= 4 is 29.1 Å². The highest BCUT2D eigenvalue weighted by molar-refractivity contribution is 6.09. The first-order valence-corrected chi connectivity index (χ1v) is 11.6. The molecule has 1 aliphatic heterocycles. The quantitative estimate of drug-likeness (QED) is 0.435. The summed E-state index contributed by atoms with van der Waals surface area (Å²) in [5.74, 6) is 0.202. The molecule has 1 saturated carbocycles. The average Bonchev–Trinajstić information content (AvgIpc) is 3.51. The number of rotatable bonds is 4. The Morgan fingerprint density at radius 2 is 1.85 bits per heavy atom. The summed E-state index contributed by atoms with van der Waals surface area (Å²) < 4.78 is 0. The van der Waals surface area contributed by atoms with Gasteiger partial charge >= 0.3 is 0 Å². The number of phenolic OH excluding ortho intramolecular Hbond substituents is 1. The maximum Gasteiger partial charge on any atom is 0.255 e. The van der Waals surface area contributed by atoms with Gasteiger partial charge in [-0.1, -0.05) is 36.4 Å². The topological polar surface area (TPSA) is 94.1 Å². The predicted molar refractivity (Wildman–Crippen MR) is 132 cm³/mol. The molecule has 7 nitrogen and oxygen atoms in total. The second-order valence-electron chi connectivity index (χ2n) is 9.04. The summed E-state index contributed by atoms with van der Waals surface area (Å²) in [7, 11) is 0. The van der Waals surface area contributed by atoms with Gasteiger partial charge in [0.05, 0.1) is 27.9 Å². The van der Waals surface area contributed by atoms with Crippen molar-refractivity contribution in [2.24, 2.45) is 0 Å². The summed E-state index contributed by atoms with van der Waals surface area (Å²) in [6.45, 7) is 2.31. The fourth-order valence-corrected chi connectivity index (χ4v) is 4.76. The van der Waals surface area contributed by atoms with Crippen molar-refractivity contribution < 1.29 is 9.90 Å². The minimum absolute atomic E-state index is 0.0159. The van der Waals surface area contributed by atoms with E-state index >= 15 is 0 Å². The molecule has 2 fully saturated rings. The second kappa shape index (κ2) is 8.11. The van der Waals surface area contributed by atoms with Crippen LogP contribution >= 0.6 is 0 Å². The van der Waals surface area contributed by atoms with Crippen LogP contribution in [0.15, 0.2) is 60.7 Å². The van der Waals surface area contributed by atoms with Crippen molar-refractivity contribution in [3.63, 3.8) is 0 Å². The molecule has 0 atom stereocenters. The number of benzene rings is 2. The second-order valence-corrected chi connectivity index (χ2v) is 9.04. The molecule has 170 valence electrons. The van der Waals surface area contributed by atoms with Crippen LogP contribution in [0.4, 0.5) is 0 Å². The van der Waals surface area contributed by atoms with Gasteiger partial charge in [-0.25, -0.2) is 4.98 Å². The molecule has 1 aliphatic carbocycles. The normalized spacial score (nSPS) is 17.0. The van der Waals surface area contributed by atoms with Crippen molar-refractivity contribution in [1.82, 2.24) is 25.4 Å². The van der Waals surface area contributed by atoms with Crippen molar-refractivity contribution in [2.45, 2.75) is 18.4 Å². The van der Waals surface area contributed by atoms with Gasteiger partial charge in [0.25, 0.3) is 5.91 Å². The summed E-state index contributed by atoms with van der Waals surface area (Å²) in [4.78, 5) is 20.8. The number of aromatic nitrogens is 3. The predicted octanol–water partition coefficient (Wildman–Crippen LogP) is 4.08. The third kappa shape index (κ3) is 3.64. The zero-order valence-corrected chi connectivity index (χ0v) is 18.7. The van der Waals surface area contributed by atoms with Crippen LogP contribution < -0.4 is 5.32 Å². The number of aromatic amines is 1. The number of amides is 1. The molecule has 7 heteroatoms. The van der Waals surface area contributed by atoms with E-state index in [4.69, 9.17) is 4.98 Å². The largest absolute Gasteiger partial charge is 0.508 e. The summed E-state index contributed by atoms with van der Waals surface area (Å²) in [6, 6.07) is 18.7. The van der Waals surface area contributed by atoms with Crippen LogP contribution in [-0.4, -0.2) is 56.3 Å². The number of carbonyl (C=O) groups excluding carboxylic acids is 1. The van der Waals surface area contributed by atoms with E-state index < -0.39 is 0 Å². The number of hydrogen-bond donors (Lipinski definition) is 3. The van der Waals surface area contributed by atoms with Gasteiger partial charge in [-0.05, 0) is 54.8 Å². The van der Waals surface area contributed by atoms with Gasteiger partial charge in [-0.2, -0.15) is 5.10 Å². The SMILES string of the molecule is O=C(c1cc(-c2ccc(O)cc2)nc2n[nH]c(/C=C/c3ccccc3)c12)N1CCNCC12CC2.